The van der Waals surface area contributed by atoms with Gasteiger partial charge in [0.1, 0.15) is 5.75 Å². The van der Waals surface area contributed by atoms with E-state index in [1.807, 2.05) is 6.07 Å². The molecule has 1 aromatic heterocycles. The van der Waals surface area contributed by atoms with Gasteiger partial charge in [-0.15, -0.1) is 0 Å². The summed E-state index contributed by atoms with van der Waals surface area (Å²) in [6.45, 7) is 1.61. The number of nitrogens with zero attached hydrogens (tertiary/aromatic N) is 5. The van der Waals surface area contributed by atoms with Crippen LogP contribution >= 0.6 is 15.9 Å². The van der Waals surface area contributed by atoms with Gasteiger partial charge in [0.2, 0.25) is 6.33 Å². The van der Waals surface area contributed by atoms with Gasteiger partial charge in [0.15, 0.2) is 6.61 Å². The molecular formula is C13H13BrN6O4. The number of nitro groups is 1. The molecule has 11 heteroatoms. The Kier molecular flexibility index (Phi) is 5.95. The number of hydrogen-bond donors (Lipinski definition) is 1. The highest BCUT2D eigenvalue weighted by molar-refractivity contribution is 9.10. The van der Waals surface area contributed by atoms with Crippen LogP contribution in [0.2, 0.25) is 0 Å². The van der Waals surface area contributed by atoms with Crippen LogP contribution in [0.1, 0.15) is 6.92 Å². The van der Waals surface area contributed by atoms with Crippen molar-refractivity contribution < 1.29 is 14.5 Å². The van der Waals surface area contributed by atoms with Crippen molar-refractivity contribution in [3.63, 3.8) is 0 Å². The van der Waals surface area contributed by atoms with E-state index in [1.165, 1.54) is 11.0 Å². The molecule has 1 N–H and O–H groups in total. The fourth-order valence-electron chi connectivity index (χ4n) is 1.61. The smallest absolute Gasteiger partial charge is 0.484 e. The van der Waals surface area contributed by atoms with E-state index in [4.69, 9.17) is 4.74 Å². The molecule has 0 unspecified atom stereocenters. The summed E-state index contributed by atoms with van der Waals surface area (Å²) in [7, 11) is 0. The number of benzene rings is 1. The monoisotopic (exact) mass is 396 g/mol. The van der Waals surface area contributed by atoms with Crippen LogP contribution in [0.3, 0.4) is 0 Å². The van der Waals surface area contributed by atoms with Gasteiger partial charge in [0, 0.05) is 9.57 Å². The second-order valence-electron chi connectivity index (χ2n) is 4.63. The minimum Gasteiger partial charge on any atom is -0.484 e. The molecule has 0 aliphatic carbocycles. The number of halogens is 1. The van der Waals surface area contributed by atoms with Gasteiger partial charge in [0.05, 0.1) is 12.3 Å². The van der Waals surface area contributed by atoms with Crippen molar-refractivity contribution in [1.29, 1.82) is 0 Å². The predicted molar refractivity (Wildman–Crippen MR) is 87.6 cm³/mol. The Balaban J connectivity index is 1.80. The van der Waals surface area contributed by atoms with Gasteiger partial charge >= 0.3 is 5.95 Å². The summed E-state index contributed by atoms with van der Waals surface area (Å²) in [4.78, 5) is 25.0. The number of rotatable bonds is 7. The Morgan fingerprint density at radius 1 is 1.54 bits per heavy atom. The van der Waals surface area contributed by atoms with E-state index in [-0.39, 0.29) is 13.2 Å². The zero-order valence-corrected chi connectivity index (χ0v) is 14.1. The fourth-order valence-corrected chi connectivity index (χ4v) is 1.99. The minimum atomic E-state index is -0.690. The summed E-state index contributed by atoms with van der Waals surface area (Å²) in [5, 5.41) is 18.0. The highest BCUT2D eigenvalue weighted by Gasteiger charge is 2.13. The first-order valence-electron chi connectivity index (χ1n) is 6.68. The lowest BCUT2D eigenvalue weighted by Gasteiger charge is -2.05. The van der Waals surface area contributed by atoms with E-state index in [1.54, 1.807) is 25.1 Å². The first-order valence-corrected chi connectivity index (χ1v) is 7.47. The molecule has 0 aliphatic heterocycles. The first kappa shape index (κ1) is 17.5. The molecule has 0 bridgehead atoms. The van der Waals surface area contributed by atoms with Crippen LogP contribution in [0.15, 0.2) is 40.2 Å². The van der Waals surface area contributed by atoms with E-state index in [0.717, 1.165) is 4.47 Å². The van der Waals surface area contributed by atoms with E-state index in [9.17, 15) is 14.9 Å². The molecular weight excluding hydrogens is 384 g/mol. The quantitative estimate of drug-likeness (QED) is 0.429. The number of hydrazone groups is 1. The van der Waals surface area contributed by atoms with Gasteiger partial charge in [-0.1, -0.05) is 27.0 Å². The van der Waals surface area contributed by atoms with Crippen LogP contribution < -0.4 is 10.2 Å². The molecule has 1 heterocycles. The van der Waals surface area contributed by atoms with Gasteiger partial charge < -0.3 is 14.9 Å². The standard InChI is InChI=1S/C13H13BrN6O4/c1-9(6-19-8-15-13(18-19)20(22)23)16-17-12(21)7-24-11-4-2-3-10(14)5-11/h2-5,8H,6-7H2,1H3,(H,17,21)/b16-9-. The fraction of sp³-hybridized carbons (Fsp3) is 0.231. The maximum absolute atomic E-state index is 11.7. The highest BCUT2D eigenvalue weighted by Crippen LogP contribution is 2.17. The largest absolute Gasteiger partial charge is 0.490 e. The minimum absolute atomic E-state index is 0.160. The Morgan fingerprint density at radius 2 is 2.33 bits per heavy atom. The number of ether oxygens (including phenoxy) is 1. The third kappa shape index (κ3) is 5.43. The number of hydrogen-bond acceptors (Lipinski definition) is 7. The SMILES string of the molecule is C/C(Cn1cnc([N+](=O)[O-])n1)=N/NC(=O)COc1cccc(Br)c1. The molecule has 0 saturated heterocycles. The molecule has 0 aliphatic rings. The second kappa shape index (κ2) is 8.15. The predicted octanol–water partition coefficient (Wildman–Crippen LogP) is 1.52. The molecule has 24 heavy (non-hydrogen) atoms. The van der Waals surface area contributed by atoms with Crippen LogP contribution in [0.5, 0.6) is 5.75 Å². The molecule has 1 aromatic carbocycles. The van der Waals surface area contributed by atoms with Crippen molar-refractivity contribution in [2.75, 3.05) is 6.61 Å². The summed E-state index contributed by atoms with van der Waals surface area (Å²) >= 11 is 3.30. The third-order valence-electron chi connectivity index (χ3n) is 2.62. The number of carbonyl (C=O) groups is 1. The lowest BCUT2D eigenvalue weighted by Crippen LogP contribution is -2.26. The van der Waals surface area contributed by atoms with E-state index < -0.39 is 16.8 Å². The van der Waals surface area contributed by atoms with Gasteiger partial charge in [-0.3, -0.25) is 4.79 Å². The molecule has 0 atom stereocenters. The highest BCUT2D eigenvalue weighted by atomic mass is 79.9. The lowest BCUT2D eigenvalue weighted by atomic mass is 10.3. The summed E-state index contributed by atoms with van der Waals surface area (Å²) in [5.74, 6) is -0.372. The molecule has 126 valence electrons. The molecule has 0 saturated carbocycles. The van der Waals surface area contributed by atoms with E-state index >= 15 is 0 Å². The zero-order valence-electron chi connectivity index (χ0n) is 12.5. The van der Waals surface area contributed by atoms with Gasteiger partial charge in [-0.05, 0) is 30.0 Å². The van der Waals surface area contributed by atoms with Crippen LogP contribution in [0.4, 0.5) is 5.95 Å². The third-order valence-corrected chi connectivity index (χ3v) is 3.11. The van der Waals surface area contributed by atoms with Crippen molar-refractivity contribution >= 4 is 33.5 Å². The second-order valence-corrected chi connectivity index (χ2v) is 5.54. The van der Waals surface area contributed by atoms with Crippen LogP contribution in [-0.4, -0.2) is 37.9 Å². The van der Waals surface area contributed by atoms with Crippen LogP contribution in [0.25, 0.3) is 0 Å². The van der Waals surface area contributed by atoms with Gasteiger partial charge in [-0.2, -0.15) is 9.78 Å². The Morgan fingerprint density at radius 3 is 3.00 bits per heavy atom. The Hall–Kier alpha value is -2.82. The molecule has 0 spiro atoms. The molecule has 2 aromatic rings. The van der Waals surface area contributed by atoms with Crippen molar-refractivity contribution in [3.8, 4) is 5.75 Å². The van der Waals surface area contributed by atoms with Gasteiger partial charge in [0.25, 0.3) is 5.91 Å². The van der Waals surface area contributed by atoms with Crippen molar-refractivity contribution in [1.82, 2.24) is 20.2 Å². The summed E-state index contributed by atoms with van der Waals surface area (Å²) in [5.41, 5.74) is 2.83. The van der Waals surface area contributed by atoms with Crippen LogP contribution in [-0.2, 0) is 11.3 Å². The van der Waals surface area contributed by atoms with E-state index in [2.05, 4.69) is 36.5 Å². The maximum atomic E-state index is 11.7. The van der Waals surface area contributed by atoms with Gasteiger partial charge in [-0.25, -0.2) is 5.43 Å². The lowest BCUT2D eigenvalue weighted by molar-refractivity contribution is -0.394. The van der Waals surface area contributed by atoms with E-state index in [0.29, 0.717) is 11.5 Å². The number of nitrogens with one attached hydrogen (secondary N) is 1. The first-order chi connectivity index (χ1) is 11.4. The normalized spacial score (nSPS) is 11.2. The molecule has 0 fully saturated rings. The Labute approximate surface area is 144 Å². The average molecular weight is 397 g/mol. The van der Waals surface area contributed by atoms with Crippen molar-refractivity contribution in [2.45, 2.75) is 13.5 Å². The Bertz CT molecular complexity index is 775. The topological polar surface area (TPSA) is 125 Å². The molecule has 0 radical (unpaired) electrons. The summed E-state index contributed by atoms with van der Waals surface area (Å²) in [6, 6.07) is 7.09. The van der Waals surface area contributed by atoms with Crippen molar-refractivity contribution in [2.24, 2.45) is 5.10 Å². The van der Waals surface area contributed by atoms with Crippen LogP contribution in [0, 0.1) is 10.1 Å². The molecule has 1 amide bonds. The number of amides is 1. The maximum Gasteiger partial charge on any atom is 0.490 e. The molecule has 2 rings (SSSR count). The van der Waals surface area contributed by atoms with Crippen molar-refractivity contribution in [3.05, 3.63) is 45.2 Å². The zero-order chi connectivity index (χ0) is 17.5. The number of carbonyl (C=O) groups excluding carboxylic acids is 1. The average Bonchev–Trinajstić information content (AvgIpc) is 3.00. The summed E-state index contributed by atoms with van der Waals surface area (Å²) in [6.07, 6.45) is 1.22. The molecule has 10 nitrogen and oxygen atoms in total. The summed E-state index contributed by atoms with van der Waals surface area (Å²) < 4.78 is 7.41. The number of aromatic nitrogens is 3.